The Morgan fingerprint density at radius 3 is 2.48 bits per heavy atom. The summed E-state index contributed by atoms with van der Waals surface area (Å²) in [5, 5.41) is 9.79. The normalized spacial score (nSPS) is 12.0. The SMILES string of the molecule is COc1cc(Cc2cc(CO)cn([C@@H](C)c3ccc(F)cc3)c2=O)ccc1-n1cnc(C)c1. The molecule has 2 heterocycles. The molecule has 0 aliphatic rings. The first-order chi connectivity index (χ1) is 15.9. The van der Waals surface area contributed by atoms with E-state index in [1.807, 2.05) is 42.8 Å². The maximum absolute atomic E-state index is 13.3. The zero-order valence-corrected chi connectivity index (χ0v) is 18.8. The molecule has 0 radical (unpaired) electrons. The standard InChI is InChI=1S/C26H26FN3O3/c1-17-13-29(16-28-17)24-9-4-19(12-25(24)33-3)10-22-11-20(15-31)14-30(26(22)32)18(2)21-5-7-23(27)8-6-21/h4-9,11-14,16,18,31H,10,15H2,1-3H3/t18-/m0/s1. The molecule has 33 heavy (non-hydrogen) atoms. The second kappa shape index (κ2) is 9.42. The van der Waals surface area contributed by atoms with Crippen molar-refractivity contribution in [1.82, 2.24) is 14.1 Å². The molecule has 6 nitrogen and oxygen atoms in total. The van der Waals surface area contributed by atoms with Gasteiger partial charge in [0.05, 0.1) is 37.5 Å². The average molecular weight is 448 g/mol. The molecule has 0 unspecified atom stereocenters. The third-order valence-corrected chi connectivity index (χ3v) is 5.75. The summed E-state index contributed by atoms with van der Waals surface area (Å²) in [6.07, 6.45) is 5.68. The van der Waals surface area contributed by atoms with Crippen LogP contribution in [-0.4, -0.2) is 26.3 Å². The van der Waals surface area contributed by atoms with Crippen molar-refractivity contribution in [1.29, 1.82) is 0 Å². The summed E-state index contributed by atoms with van der Waals surface area (Å²) < 4.78 is 22.4. The van der Waals surface area contributed by atoms with Gasteiger partial charge in [0.1, 0.15) is 11.6 Å². The van der Waals surface area contributed by atoms with Crippen molar-refractivity contribution in [3.8, 4) is 11.4 Å². The quantitative estimate of drug-likeness (QED) is 0.461. The first-order valence-corrected chi connectivity index (χ1v) is 10.7. The Morgan fingerprint density at radius 1 is 1.09 bits per heavy atom. The highest BCUT2D eigenvalue weighted by atomic mass is 19.1. The van der Waals surface area contributed by atoms with Crippen molar-refractivity contribution in [3.63, 3.8) is 0 Å². The number of pyridine rings is 1. The second-order valence-corrected chi connectivity index (χ2v) is 8.08. The van der Waals surface area contributed by atoms with Gasteiger partial charge in [-0.25, -0.2) is 9.37 Å². The Morgan fingerprint density at radius 2 is 1.85 bits per heavy atom. The van der Waals surface area contributed by atoms with E-state index in [1.165, 1.54) is 12.1 Å². The van der Waals surface area contributed by atoms with Gasteiger partial charge >= 0.3 is 0 Å². The molecule has 1 N–H and O–H groups in total. The summed E-state index contributed by atoms with van der Waals surface area (Å²) >= 11 is 0. The third-order valence-electron chi connectivity index (χ3n) is 5.75. The summed E-state index contributed by atoms with van der Waals surface area (Å²) in [5.41, 5.74) is 4.50. The Labute approximate surface area is 191 Å². The van der Waals surface area contributed by atoms with E-state index in [2.05, 4.69) is 4.98 Å². The van der Waals surface area contributed by atoms with Crippen molar-refractivity contribution in [2.24, 2.45) is 0 Å². The van der Waals surface area contributed by atoms with Gasteiger partial charge in [0.25, 0.3) is 5.56 Å². The Kier molecular flexibility index (Phi) is 6.42. The lowest BCUT2D eigenvalue weighted by molar-refractivity contribution is 0.280. The van der Waals surface area contributed by atoms with E-state index < -0.39 is 0 Å². The van der Waals surface area contributed by atoms with Crippen LogP contribution in [0.15, 0.2) is 72.0 Å². The van der Waals surface area contributed by atoms with Gasteiger partial charge in [-0.3, -0.25) is 4.79 Å². The molecule has 0 aliphatic carbocycles. The fourth-order valence-electron chi connectivity index (χ4n) is 3.95. The minimum absolute atomic E-state index is 0.155. The number of aliphatic hydroxyl groups excluding tert-OH is 1. The summed E-state index contributed by atoms with van der Waals surface area (Å²) in [6.45, 7) is 3.61. The Hall–Kier alpha value is -3.71. The van der Waals surface area contributed by atoms with Crippen LogP contribution < -0.4 is 10.3 Å². The number of rotatable bonds is 7. The number of halogens is 1. The van der Waals surface area contributed by atoms with E-state index in [1.54, 1.807) is 42.4 Å². The maximum Gasteiger partial charge on any atom is 0.254 e. The van der Waals surface area contributed by atoms with Crippen molar-refractivity contribution in [3.05, 3.63) is 111 Å². The Balaban J connectivity index is 1.70. The number of aromatic nitrogens is 3. The molecule has 2 aromatic heterocycles. The van der Waals surface area contributed by atoms with E-state index in [9.17, 15) is 14.3 Å². The second-order valence-electron chi connectivity index (χ2n) is 8.08. The first-order valence-electron chi connectivity index (χ1n) is 10.7. The van der Waals surface area contributed by atoms with Crippen LogP contribution in [0.4, 0.5) is 4.39 Å². The lowest BCUT2D eigenvalue weighted by atomic mass is 10.0. The zero-order chi connectivity index (χ0) is 23.5. The molecule has 2 aromatic carbocycles. The van der Waals surface area contributed by atoms with Crippen LogP contribution >= 0.6 is 0 Å². The molecule has 0 aliphatic heterocycles. The topological polar surface area (TPSA) is 69.3 Å². The molecular weight excluding hydrogens is 421 g/mol. The van der Waals surface area contributed by atoms with Crippen LogP contribution in [-0.2, 0) is 13.0 Å². The summed E-state index contributed by atoms with van der Waals surface area (Å²) in [6, 6.07) is 13.3. The number of aryl methyl sites for hydroxylation is 1. The summed E-state index contributed by atoms with van der Waals surface area (Å²) in [4.78, 5) is 17.6. The number of ether oxygens (including phenoxy) is 1. The van der Waals surface area contributed by atoms with Crippen molar-refractivity contribution < 1.29 is 14.2 Å². The number of aliphatic hydroxyl groups is 1. The van der Waals surface area contributed by atoms with Crippen LogP contribution in [0, 0.1) is 12.7 Å². The molecule has 0 saturated heterocycles. The van der Waals surface area contributed by atoms with E-state index in [4.69, 9.17) is 4.74 Å². The van der Waals surface area contributed by atoms with E-state index in [0.717, 1.165) is 22.5 Å². The molecule has 0 amide bonds. The smallest absolute Gasteiger partial charge is 0.254 e. The summed E-state index contributed by atoms with van der Waals surface area (Å²) in [7, 11) is 1.61. The number of benzene rings is 2. The molecule has 170 valence electrons. The number of hydrogen-bond donors (Lipinski definition) is 1. The highest BCUT2D eigenvalue weighted by Crippen LogP contribution is 2.26. The zero-order valence-electron chi connectivity index (χ0n) is 18.8. The number of imidazole rings is 1. The minimum atomic E-state index is -0.327. The van der Waals surface area contributed by atoms with Gasteiger partial charge in [0, 0.05) is 24.4 Å². The van der Waals surface area contributed by atoms with Crippen molar-refractivity contribution in [2.75, 3.05) is 7.11 Å². The lowest BCUT2D eigenvalue weighted by Gasteiger charge is -2.18. The predicted octanol–water partition coefficient (Wildman–Crippen LogP) is 4.18. The van der Waals surface area contributed by atoms with Gasteiger partial charge in [-0.05, 0) is 60.9 Å². The van der Waals surface area contributed by atoms with Crippen LogP contribution in [0.1, 0.15) is 40.9 Å². The fourth-order valence-corrected chi connectivity index (χ4v) is 3.95. The van der Waals surface area contributed by atoms with Gasteiger partial charge in [-0.2, -0.15) is 0 Å². The van der Waals surface area contributed by atoms with Gasteiger partial charge in [-0.1, -0.05) is 18.2 Å². The maximum atomic E-state index is 13.3. The largest absolute Gasteiger partial charge is 0.495 e. The van der Waals surface area contributed by atoms with Crippen molar-refractivity contribution in [2.45, 2.75) is 32.9 Å². The Bertz CT molecular complexity index is 1330. The molecule has 0 fully saturated rings. The van der Waals surface area contributed by atoms with Gasteiger partial charge in [0.15, 0.2) is 0 Å². The number of nitrogens with zero attached hydrogens (tertiary/aromatic N) is 3. The van der Waals surface area contributed by atoms with Crippen LogP contribution in [0.5, 0.6) is 5.75 Å². The average Bonchev–Trinajstić information content (AvgIpc) is 3.26. The molecule has 0 bridgehead atoms. The van der Waals surface area contributed by atoms with Crippen LogP contribution in [0.25, 0.3) is 5.69 Å². The molecule has 7 heteroatoms. The van der Waals surface area contributed by atoms with Gasteiger partial charge in [-0.15, -0.1) is 0 Å². The molecule has 4 aromatic rings. The first kappa shape index (κ1) is 22.5. The summed E-state index contributed by atoms with van der Waals surface area (Å²) in [5.74, 6) is 0.342. The molecular formula is C26H26FN3O3. The number of methoxy groups -OCH3 is 1. The van der Waals surface area contributed by atoms with Crippen LogP contribution in [0.3, 0.4) is 0 Å². The number of hydrogen-bond acceptors (Lipinski definition) is 4. The molecule has 4 rings (SSSR count). The van der Waals surface area contributed by atoms with E-state index in [-0.39, 0.29) is 24.0 Å². The third kappa shape index (κ3) is 4.73. The van der Waals surface area contributed by atoms with Crippen LogP contribution in [0.2, 0.25) is 0 Å². The molecule has 0 saturated carbocycles. The van der Waals surface area contributed by atoms with E-state index in [0.29, 0.717) is 23.3 Å². The van der Waals surface area contributed by atoms with Gasteiger partial charge in [0.2, 0.25) is 0 Å². The van der Waals surface area contributed by atoms with Crippen molar-refractivity contribution >= 4 is 0 Å². The van der Waals surface area contributed by atoms with E-state index >= 15 is 0 Å². The highest BCUT2D eigenvalue weighted by Gasteiger charge is 2.15. The lowest BCUT2D eigenvalue weighted by Crippen LogP contribution is -2.27. The highest BCUT2D eigenvalue weighted by molar-refractivity contribution is 5.50. The monoisotopic (exact) mass is 447 g/mol. The predicted molar refractivity (Wildman–Crippen MR) is 124 cm³/mol. The molecule has 0 spiro atoms. The fraction of sp³-hybridized carbons (Fsp3) is 0.231. The molecule has 1 atom stereocenters. The minimum Gasteiger partial charge on any atom is -0.495 e. The van der Waals surface area contributed by atoms with Gasteiger partial charge < -0.3 is 19.0 Å².